The lowest BCUT2D eigenvalue weighted by Crippen LogP contribution is -2.36. The van der Waals surface area contributed by atoms with Gasteiger partial charge in [-0.25, -0.2) is 9.59 Å². The van der Waals surface area contributed by atoms with Crippen LogP contribution in [0.5, 0.6) is 0 Å². The van der Waals surface area contributed by atoms with E-state index in [1.54, 1.807) is 13.0 Å². The highest BCUT2D eigenvalue weighted by Crippen LogP contribution is 2.19. The molecule has 19 heavy (non-hydrogen) atoms. The number of aryl methyl sites for hydroxylation is 1. The van der Waals surface area contributed by atoms with Crippen molar-refractivity contribution in [1.29, 1.82) is 0 Å². The van der Waals surface area contributed by atoms with Crippen LogP contribution in [0.3, 0.4) is 0 Å². The standard InChI is InChI=1S/C13H21N3O3/c1-5-13(3,4)7-14-12(19)16-9-6-8(2)15-10(9)11(17)18/h6,15H,5,7H2,1-4H3,(H,17,18)(H2,14,16,19). The molecule has 0 aliphatic carbocycles. The Kier molecular flexibility index (Phi) is 4.58. The zero-order chi connectivity index (χ0) is 14.6. The topological polar surface area (TPSA) is 94.2 Å². The van der Waals surface area contributed by atoms with E-state index in [0.29, 0.717) is 12.2 Å². The van der Waals surface area contributed by atoms with E-state index in [0.717, 1.165) is 6.42 Å². The molecular weight excluding hydrogens is 246 g/mol. The van der Waals surface area contributed by atoms with Gasteiger partial charge < -0.3 is 20.7 Å². The van der Waals surface area contributed by atoms with Crippen LogP contribution in [0.25, 0.3) is 0 Å². The van der Waals surface area contributed by atoms with Gasteiger partial charge in [0.25, 0.3) is 0 Å². The molecular formula is C13H21N3O3. The number of carbonyl (C=O) groups excluding carboxylic acids is 1. The number of amides is 2. The first-order chi connectivity index (χ1) is 8.75. The normalized spacial score (nSPS) is 11.2. The highest BCUT2D eigenvalue weighted by atomic mass is 16.4. The molecule has 0 aliphatic heterocycles. The minimum absolute atomic E-state index is 0.0117. The molecule has 2 amide bonds. The molecule has 0 fully saturated rings. The van der Waals surface area contributed by atoms with Gasteiger partial charge in [-0.15, -0.1) is 0 Å². The van der Waals surface area contributed by atoms with E-state index in [4.69, 9.17) is 5.11 Å². The predicted octanol–water partition coefficient (Wildman–Crippen LogP) is 2.58. The fraction of sp³-hybridized carbons (Fsp3) is 0.538. The van der Waals surface area contributed by atoms with Gasteiger partial charge in [0, 0.05) is 12.2 Å². The predicted molar refractivity (Wildman–Crippen MR) is 73.6 cm³/mol. The van der Waals surface area contributed by atoms with Gasteiger partial charge in [-0.1, -0.05) is 20.8 Å². The van der Waals surface area contributed by atoms with Crippen LogP contribution in [0.4, 0.5) is 10.5 Å². The summed E-state index contributed by atoms with van der Waals surface area (Å²) in [4.78, 5) is 25.4. The number of aromatic nitrogens is 1. The lowest BCUT2D eigenvalue weighted by atomic mass is 9.90. The first kappa shape index (κ1) is 15.1. The average Bonchev–Trinajstić information content (AvgIpc) is 2.68. The summed E-state index contributed by atoms with van der Waals surface area (Å²) in [7, 11) is 0. The van der Waals surface area contributed by atoms with Crippen molar-refractivity contribution in [1.82, 2.24) is 10.3 Å². The molecule has 1 heterocycles. The van der Waals surface area contributed by atoms with Crippen LogP contribution in [0, 0.1) is 12.3 Å². The van der Waals surface area contributed by atoms with Crippen molar-refractivity contribution in [2.45, 2.75) is 34.1 Å². The molecule has 0 unspecified atom stereocenters. The molecule has 0 atom stereocenters. The third kappa shape index (κ3) is 4.31. The van der Waals surface area contributed by atoms with Crippen molar-refractivity contribution in [2.75, 3.05) is 11.9 Å². The maximum atomic E-state index is 11.7. The fourth-order valence-electron chi connectivity index (χ4n) is 1.47. The van der Waals surface area contributed by atoms with Crippen LogP contribution in [-0.2, 0) is 0 Å². The van der Waals surface area contributed by atoms with Gasteiger partial charge in [0.1, 0.15) is 5.69 Å². The number of carbonyl (C=O) groups is 2. The van der Waals surface area contributed by atoms with E-state index in [1.807, 2.05) is 0 Å². The third-order valence-electron chi connectivity index (χ3n) is 3.10. The second-order valence-corrected chi connectivity index (χ2v) is 5.37. The molecule has 106 valence electrons. The summed E-state index contributed by atoms with van der Waals surface area (Å²) < 4.78 is 0. The van der Waals surface area contributed by atoms with Gasteiger partial charge in [-0.05, 0) is 24.8 Å². The molecule has 0 saturated carbocycles. The van der Waals surface area contributed by atoms with Gasteiger partial charge in [0.15, 0.2) is 0 Å². The number of carboxylic acid groups (broad SMARTS) is 1. The van der Waals surface area contributed by atoms with Gasteiger partial charge in [0.2, 0.25) is 0 Å². The summed E-state index contributed by atoms with van der Waals surface area (Å²) in [6.07, 6.45) is 0.941. The van der Waals surface area contributed by atoms with Gasteiger partial charge >= 0.3 is 12.0 Å². The van der Waals surface area contributed by atoms with Crippen molar-refractivity contribution in [2.24, 2.45) is 5.41 Å². The summed E-state index contributed by atoms with van der Waals surface area (Å²) in [5.41, 5.74) is 0.960. The summed E-state index contributed by atoms with van der Waals surface area (Å²) in [5, 5.41) is 14.3. The second-order valence-electron chi connectivity index (χ2n) is 5.37. The van der Waals surface area contributed by atoms with Gasteiger partial charge in [-0.2, -0.15) is 0 Å². The zero-order valence-corrected chi connectivity index (χ0v) is 11.8. The number of anilines is 1. The Morgan fingerprint density at radius 3 is 2.58 bits per heavy atom. The molecule has 4 N–H and O–H groups in total. The number of hydrogen-bond acceptors (Lipinski definition) is 2. The number of aromatic carboxylic acids is 1. The Morgan fingerprint density at radius 1 is 1.42 bits per heavy atom. The number of urea groups is 1. The molecule has 6 heteroatoms. The van der Waals surface area contributed by atoms with Crippen LogP contribution >= 0.6 is 0 Å². The Hall–Kier alpha value is -1.98. The summed E-state index contributed by atoms with van der Waals surface area (Å²) in [5.74, 6) is -1.10. The summed E-state index contributed by atoms with van der Waals surface area (Å²) in [6.45, 7) is 8.42. The maximum Gasteiger partial charge on any atom is 0.354 e. The number of aromatic amines is 1. The molecule has 0 radical (unpaired) electrons. The first-order valence-electron chi connectivity index (χ1n) is 6.23. The van der Waals surface area contributed by atoms with Gasteiger partial charge in [0.05, 0.1) is 5.69 Å². The Morgan fingerprint density at radius 2 is 2.05 bits per heavy atom. The number of hydrogen-bond donors (Lipinski definition) is 4. The highest BCUT2D eigenvalue weighted by Gasteiger charge is 2.18. The van der Waals surface area contributed by atoms with Crippen molar-refractivity contribution < 1.29 is 14.7 Å². The number of carboxylic acids is 1. The SMILES string of the molecule is CCC(C)(C)CNC(=O)Nc1cc(C)[nH]c1C(=O)O. The smallest absolute Gasteiger partial charge is 0.354 e. The van der Waals surface area contributed by atoms with E-state index in [1.165, 1.54) is 0 Å². The van der Waals surface area contributed by atoms with Crippen molar-refractivity contribution in [3.63, 3.8) is 0 Å². The van der Waals surface area contributed by atoms with Crippen LogP contribution in [0.2, 0.25) is 0 Å². The van der Waals surface area contributed by atoms with E-state index >= 15 is 0 Å². The number of H-pyrrole nitrogens is 1. The largest absolute Gasteiger partial charge is 0.477 e. The zero-order valence-electron chi connectivity index (χ0n) is 11.8. The quantitative estimate of drug-likeness (QED) is 0.660. The van der Waals surface area contributed by atoms with Gasteiger partial charge in [-0.3, -0.25) is 0 Å². The molecule has 0 spiro atoms. The molecule has 1 aromatic heterocycles. The van der Waals surface area contributed by atoms with Crippen molar-refractivity contribution in [3.05, 3.63) is 17.5 Å². The average molecular weight is 267 g/mol. The van der Waals surface area contributed by atoms with E-state index < -0.39 is 12.0 Å². The molecule has 6 nitrogen and oxygen atoms in total. The Balaban J connectivity index is 2.65. The van der Waals surface area contributed by atoms with E-state index in [-0.39, 0.29) is 16.8 Å². The Labute approximate surface area is 112 Å². The van der Waals surface area contributed by atoms with Crippen molar-refractivity contribution >= 4 is 17.7 Å². The third-order valence-corrected chi connectivity index (χ3v) is 3.10. The van der Waals surface area contributed by atoms with Crippen LogP contribution in [0.1, 0.15) is 43.4 Å². The van der Waals surface area contributed by atoms with Crippen molar-refractivity contribution in [3.8, 4) is 0 Å². The maximum absolute atomic E-state index is 11.7. The van der Waals surface area contributed by atoms with E-state index in [9.17, 15) is 9.59 Å². The fourth-order valence-corrected chi connectivity index (χ4v) is 1.47. The molecule has 1 rings (SSSR count). The molecule has 0 aromatic carbocycles. The minimum Gasteiger partial charge on any atom is -0.477 e. The highest BCUT2D eigenvalue weighted by molar-refractivity contribution is 5.99. The number of nitrogens with one attached hydrogen (secondary N) is 3. The molecule has 1 aromatic rings. The van der Waals surface area contributed by atoms with Crippen LogP contribution < -0.4 is 10.6 Å². The van der Waals surface area contributed by atoms with Crippen LogP contribution in [0.15, 0.2) is 6.07 Å². The summed E-state index contributed by atoms with van der Waals surface area (Å²) in [6, 6.07) is 1.19. The Bertz CT molecular complexity index is 477. The molecule has 0 saturated heterocycles. The van der Waals surface area contributed by atoms with Crippen LogP contribution in [-0.4, -0.2) is 28.6 Å². The molecule has 0 aliphatic rings. The summed E-state index contributed by atoms with van der Waals surface area (Å²) >= 11 is 0. The monoisotopic (exact) mass is 267 g/mol. The minimum atomic E-state index is -1.10. The van der Waals surface area contributed by atoms with E-state index in [2.05, 4.69) is 36.4 Å². The lowest BCUT2D eigenvalue weighted by Gasteiger charge is -2.22. The molecule has 0 bridgehead atoms. The first-order valence-corrected chi connectivity index (χ1v) is 6.23. The second kappa shape index (κ2) is 5.77. The number of rotatable bonds is 5. The lowest BCUT2D eigenvalue weighted by molar-refractivity contribution is 0.0692.